The zero-order valence-electron chi connectivity index (χ0n) is 16.0. The zero-order chi connectivity index (χ0) is 19.8. The number of carbonyl (C=O) groups excluding carboxylic acids is 1. The predicted molar refractivity (Wildman–Crippen MR) is 105 cm³/mol. The first-order valence-electron chi connectivity index (χ1n) is 9.11. The number of rotatable bonds is 9. The molecule has 6 nitrogen and oxygen atoms in total. The van der Waals surface area contributed by atoms with Crippen molar-refractivity contribution in [3.63, 3.8) is 0 Å². The van der Waals surface area contributed by atoms with Crippen molar-refractivity contribution < 1.29 is 19.8 Å². The molecule has 146 valence electrons. The Labute approximate surface area is 160 Å². The number of hydrogen-bond donors (Lipinski definition) is 4. The van der Waals surface area contributed by atoms with E-state index >= 15 is 0 Å². The van der Waals surface area contributed by atoms with Crippen LogP contribution in [0.1, 0.15) is 31.4 Å². The first-order valence-corrected chi connectivity index (χ1v) is 9.11. The van der Waals surface area contributed by atoms with Gasteiger partial charge in [-0.2, -0.15) is 0 Å². The van der Waals surface area contributed by atoms with E-state index in [1.165, 1.54) is 12.5 Å². The Kier molecular flexibility index (Phi) is 7.79. The minimum absolute atomic E-state index is 0.396. The van der Waals surface area contributed by atoms with Gasteiger partial charge in [0.25, 0.3) is 5.91 Å². The molecule has 0 aliphatic heterocycles. The molecule has 2 aromatic rings. The minimum Gasteiger partial charge on any atom is -0.496 e. The van der Waals surface area contributed by atoms with Gasteiger partial charge in [0.2, 0.25) is 0 Å². The zero-order valence-corrected chi connectivity index (χ0v) is 16.0. The summed E-state index contributed by atoms with van der Waals surface area (Å²) in [4.78, 5) is 11.6. The van der Waals surface area contributed by atoms with Gasteiger partial charge >= 0.3 is 0 Å². The molecule has 0 fully saturated rings. The summed E-state index contributed by atoms with van der Waals surface area (Å²) in [5.74, 6) is 0.246. The average Bonchev–Trinajstić information content (AvgIpc) is 2.68. The number of aliphatic hydroxyl groups is 1. The van der Waals surface area contributed by atoms with E-state index < -0.39 is 18.1 Å². The van der Waals surface area contributed by atoms with Crippen LogP contribution in [0.3, 0.4) is 0 Å². The molecule has 0 aliphatic rings. The van der Waals surface area contributed by atoms with Crippen molar-refractivity contribution in [2.24, 2.45) is 0 Å². The van der Waals surface area contributed by atoms with Crippen molar-refractivity contribution >= 4 is 5.91 Å². The van der Waals surface area contributed by atoms with Crippen molar-refractivity contribution in [3.05, 3.63) is 53.6 Å². The van der Waals surface area contributed by atoms with Crippen LogP contribution in [0.25, 0.3) is 11.1 Å². The molecule has 0 spiro atoms. The first kappa shape index (κ1) is 20.9. The molecule has 0 unspecified atom stereocenters. The van der Waals surface area contributed by atoms with E-state index in [9.17, 15) is 9.90 Å². The molecule has 0 heterocycles. The lowest BCUT2D eigenvalue weighted by Crippen LogP contribution is -2.49. The van der Waals surface area contributed by atoms with E-state index in [0.29, 0.717) is 6.54 Å². The van der Waals surface area contributed by atoms with Gasteiger partial charge in [-0.05, 0) is 47.7 Å². The number of ether oxygens (including phenoxy) is 1. The van der Waals surface area contributed by atoms with Crippen LogP contribution in [0.2, 0.25) is 0 Å². The van der Waals surface area contributed by atoms with Gasteiger partial charge in [0.1, 0.15) is 11.8 Å². The minimum atomic E-state index is -0.923. The molecule has 2 atom stereocenters. The number of hydroxylamine groups is 1. The molecule has 0 saturated heterocycles. The molecule has 0 aromatic heterocycles. The molecular formula is C21H28N2O4. The van der Waals surface area contributed by atoms with E-state index in [2.05, 4.69) is 18.3 Å². The Morgan fingerprint density at radius 2 is 1.81 bits per heavy atom. The molecular weight excluding hydrogens is 344 g/mol. The van der Waals surface area contributed by atoms with Crippen molar-refractivity contribution in [3.8, 4) is 16.9 Å². The van der Waals surface area contributed by atoms with E-state index in [4.69, 9.17) is 9.94 Å². The fourth-order valence-corrected chi connectivity index (χ4v) is 3.02. The Morgan fingerprint density at radius 1 is 1.15 bits per heavy atom. The normalized spacial score (nSPS) is 13.1. The summed E-state index contributed by atoms with van der Waals surface area (Å²) in [7, 11) is 1.69. The monoisotopic (exact) mass is 372 g/mol. The van der Waals surface area contributed by atoms with Crippen LogP contribution < -0.4 is 15.5 Å². The van der Waals surface area contributed by atoms with Crippen LogP contribution >= 0.6 is 0 Å². The molecule has 1 amide bonds. The van der Waals surface area contributed by atoms with Crippen LogP contribution in [0.4, 0.5) is 0 Å². The lowest BCUT2D eigenvalue weighted by atomic mass is 9.99. The predicted octanol–water partition coefficient (Wildman–Crippen LogP) is 2.66. The lowest BCUT2D eigenvalue weighted by Gasteiger charge is -2.19. The number of benzene rings is 2. The Balaban J connectivity index is 2.11. The van der Waals surface area contributed by atoms with Gasteiger partial charge in [0, 0.05) is 6.54 Å². The van der Waals surface area contributed by atoms with Gasteiger partial charge in [-0.3, -0.25) is 15.3 Å². The molecule has 27 heavy (non-hydrogen) atoms. The van der Waals surface area contributed by atoms with Crippen molar-refractivity contribution in [2.45, 2.75) is 45.4 Å². The summed E-state index contributed by atoms with van der Waals surface area (Å²) in [6.45, 7) is 4.03. The van der Waals surface area contributed by atoms with Crippen molar-refractivity contribution in [2.75, 3.05) is 7.11 Å². The van der Waals surface area contributed by atoms with Gasteiger partial charge in [-0.1, -0.05) is 43.7 Å². The number of aryl methyl sites for hydroxylation is 1. The summed E-state index contributed by atoms with van der Waals surface area (Å²) >= 11 is 0. The molecule has 4 N–H and O–H groups in total. The Morgan fingerprint density at radius 3 is 2.37 bits per heavy atom. The van der Waals surface area contributed by atoms with Crippen LogP contribution in [-0.2, 0) is 17.8 Å². The van der Waals surface area contributed by atoms with Crippen molar-refractivity contribution in [1.82, 2.24) is 10.8 Å². The van der Waals surface area contributed by atoms with E-state index in [0.717, 1.165) is 35.3 Å². The largest absolute Gasteiger partial charge is 0.496 e. The van der Waals surface area contributed by atoms with Crippen LogP contribution in [0.15, 0.2) is 42.5 Å². The average molecular weight is 372 g/mol. The topological polar surface area (TPSA) is 90.8 Å². The highest BCUT2D eigenvalue weighted by molar-refractivity contribution is 5.81. The fourth-order valence-electron chi connectivity index (χ4n) is 3.02. The molecule has 2 aromatic carbocycles. The van der Waals surface area contributed by atoms with Gasteiger partial charge < -0.3 is 9.84 Å². The van der Waals surface area contributed by atoms with Crippen LogP contribution in [0, 0.1) is 0 Å². The van der Waals surface area contributed by atoms with Gasteiger partial charge in [-0.15, -0.1) is 0 Å². The van der Waals surface area contributed by atoms with Crippen LogP contribution in [0.5, 0.6) is 5.75 Å². The number of amides is 1. The molecule has 0 saturated carbocycles. The molecule has 6 heteroatoms. The number of nitrogens with one attached hydrogen (secondary N) is 2. The third kappa shape index (κ3) is 5.53. The van der Waals surface area contributed by atoms with Gasteiger partial charge in [0.15, 0.2) is 0 Å². The summed E-state index contributed by atoms with van der Waals surface area (Å²) in [5.41, 5.74) is 5.95. The second kappa shape index (κ2) is 10.1. The first-order chi connectivity index (χ1) is 13.0. The summed E-state index contributed by atoms with van der Waals surface area (Å²) in [6.07, 6.45) is 1.09. The van der Waals surface area contributed by atoms with E-state index in [1.54, 1.807) is 12.6 Å². The molecule has 2 rings (SSSR count). The van der Waals surface area contributed by atoms with Crippen molar-refractivity contribution in [1.29, 1.82) is 0 Å². The maximum atomic E-state index is 11.6. The quantitative estimate of drug-likeness (QED) is 0.401. The summed E-state index contributed by atoms with van der Waals surface area (Å²) in [5, 5.41) is 21.4. The molecule has 0 aliphatic carbocycles. The Bertz CT molecular complexity index is 744. The summed E-state index contributed by atoms with van der Waals surface area (Å²) < 4.78 is 5.43. The van der Waals surface area contributed by atoms with E-state index in [-0.39, 0.29) is 0 Å². The standard InChI is InChI=1S/C21H28N2O4/c1-4-5-18-12-17(10-11-19(18)27-3)16-8-6-15(7-9-16)13-22-20(14(2)24)21(25)23-26/h6-12,14,20,22,24,26H,4-5,13H2,1-3H3,(H,23,25)/t14-,20+/m1/s1. The number of methoxy groups -OCH3 is 1. The highest BCUT2D eigenvalue weighted by Crippen LogP contribution is 2.27. The number of hydrogen-bond acceptors (Lipinski definition) is 5. The maximum Gasteiger partial charge on any atom is 0.263 e. The van der Waals surface area contributed by atoms with E-state index in [1.807, 2.05) is 36.4 Å². The smallest absolute Gasteiger partial charge is 0.263 e. The molecule has 0 radical (unpaired) electrons. The third-order valence-corrected chi connectivity index (χ3v) is 4.49. The maximum absolute atomic E-state index is 11.6. The second-order valence-electron chi connectivity index (χ2n) is 6.55. The summed E-state index contributed by atoms with van der Waals surface area (Å²) in [6, 6.07) is 13.3. The third-order valence-electron chi connectivity index (χ3n) is 4.49. The Hall–Kier alpha value is -2.41. The van der Waals surface area contributed by atoms with Gasteiger partial charge in [0.05, 0.1) is 13.2 Å². The van der Waals surface area contributed by atoms with Crippen LogP contribution in [-0.4, -0.2) is 35.5 Å². The second-order valence-corrected chi connectivity index (χ2v) is 6.55. The van der Waals surface area contributed by atoms with Gasteiger partial charge in [-0.25, -0.2) is 5.48 Å². The SMILES string of the molecule is CCCc1cc(-c2ccc(CN[C@H](C(=O)NO)[C@@H](C)O)cc2)ccc1OC. The number of carbonyl (C=O) groups is 1. The highest BCUT2D eigenvalue weighted by Gasteiger charge is 2.22. The lowest BCUT2D eigenvalue weighted by molar-refractivity contribution is -0.134. The number of aliphatic hydroxyl groups excluding tert-OH is 1. The highest BCUT2D eigenvalue weighted by atomic mass is 16.5. The molecule has 0 bridgehead atoms. The fraction of sp³-hybridized carbons (Fsp3) is 0.381.